The number of benzene rings is 3. The third-order valence-electron chi connectivity index (χ3n) is 4.44. The average Bonchev–Trinajstić information content (AvgIpc) is 3.08. The fourth-order valence-corrected chi connectivity index (χ4v) is 3.48. The number of hydrogen-bond acceptors (Lipinski definition) is 2. The monoisotopic (exact) mass is 384 g/mol. The summed E-state index contributed by atoms with van der Waals surface area (Å²) in [5, 5.41) is 8.06. The van der Waals surface area contributed by atoms with E-state index >= 15 is 0 Å². The van der Waals surface area contributed by atoms with Gasteiger partial charge < -0.3 is 0 Å². The van der Waals surface area contributed by atoms with Crippen molar-refractivity contribution in [1.29, 1.82) is 0 Å². The highest BCUT2D eigenvalue weighted by molar-refractivity contribution is 6.33. The molecule has 0 N–H and O–H groups in total. The van der Waals surface area contributed by atoms with Gasteiger partial charge in [-0.1, -0.05) is 59.6 Å². The molecule has 0 saturated heterocycles. The maximum Gasteiger partial charge on any atom is 0.123 e. The van der Waals surface area contributed by atoms with Gasteiger partial charge in [-0.05, 0) is 47.5 Å². The molecule has 0 unspecified atom stereocenters. The van der Waals surface area contributed by atoms with Crippen molar-refractivity contribution in [2.75, 3.05) is 5.01 Å². The van der Waals surface area contributed by atoms with Crippen LogP contribution in [-0.2, 0) is 0 Å². The summed E-state index contributed by atoms with van der Waals surface area (Å²) in [6, 6.07) is 21.7. The average molecular weight is 385 g/mol. The van der Waals surface area contributed by atoms with E-state index in [4.69, 9.17) is 28.3 Å². The van der Waals surface area contributed by atoms with Gasteiger partial charge in [0, 0.05) is 11.4 Å². The minimum atomic E-state index is -0.255. The second-order valence-electron chi connectivity index (χ2n) is 6.12. The summed E-state index contributed by atoms with van der Waals surface area (Å²) in [6.07, 6.45) is 0.693. The maximum atomic E-state index is 13.4. The largest absolute Gasteiger partial charge is 0.256 e. The molecule has 3 aromatic carbocycles. The second-order valence-corrected chi connectivity index (χ2v) is 6.96. The Hall–Kier alpha value is -2.36. The topological polar surface area (TPSA) is 15.6 Å². The van der Waals surface area contributed by atoms with Crippen molar-refractivity contribution in [3.05, 3.63) is 99.8 Å². The molecule has 5 heteroatoms. The quantitative estimate of drug-likeness (QED) is 0.503. The molecule has 26 heavy (non-hydrogen) atoms. The zero-order valence-electron chi connectivity index (χ0n) is 13.7. The molecule has 0 saturated carbocycles. The van der Waals surface area contributed by atoms with Gasteiger partial charge in [-0.2, -0.15) is 5.10 Å². The smallest absolute Gasteiger partial charge is 0.123 e. The van der Waals surface area contributed by atoms with Crippen molar-refractivity contribution in [1.82, 2.24) is 0 Å². The minimum absolute atomic E-state index is 0.0545. The summed E-state index contributed by atoms with van der Waals surface area (Å²) < 4.78 is 13.4. The van der Waals surface area contributed by atoms with Crippen LogP contribution < -0.4 is 5.01 Å². The van der Waals surface area contributed by atoms with Crippen LogP contribution in [0.4, 0.5) is 10.1 Å². The predicted octanol–water partition coefficient (Wildman–Crippen LogP) is 6.49. The molecule has 2 nitrogen and oxygen atoms in total. The number of hydrazone groups is 1. The summed E-state index contributed by atoms with van der Waals surface area (Å²) in [4.78, 5) is 0. The van der Waals surface area contributed by atoms with Gasteiger partial charge in [0.05, 0.1) is 22.5 Å². The Morgan fingerprint density at radius 1 is 0.885 bits per heavy atom. The highest BCUT2D eigenvalue weighted by Crippen LogP contribution is 2.39. The Labute approximate surface area is 161 Å². The van der Waals surface area contributed by atoms with Crippen LogP contribution in [0.2, 0.25) is 10.0 Å². The van der Waals surface area contributed by atoms with Gasteiger partial charge in [0.2, 0.25) is 0 Å². The Balaban J connectivity index is 1.77. The van der Waals surface area contributed by atoms with Crippen LogP contribution in [0.3, 0.4) is 0 Å². The van der Waals surface area contributed by atoms with Crippen molar-refractivity contribution < 1.29 is 4.39 Å². The van der Waals surface area contributed by atoms with E-state index in [0.29, 0.717) is 16.5 Å². The zero-order valence-corrected chi connectivity index (χ0v) is 15.3. The van der Waals surface area contributed by atoms with Gasteiger partial charge in [0.25, 0.3) is 0 Å². The molecule has 0 aliphatic carbocycles. The summed E-state index contributed by atoms with van der Waals surface area (Å²) in [7, 11) is 0. The Morgan fingerprint density at radius 3 is 2.27 bits per heavy atom. The van der Waals surface area contributed by atoms with Crippen molar-refractivity contribution >= 4 is 34.6 Å². The van der Waals surface area contributed by atoms with E-state index < -0.39 is 0 Å². The Kier molecular flexibility index (Phi) is 4.66. The molecule has 3 aromatic rings. The van der Waals surface area contributed by atoms with Crippen LogP contribution in [0.15, 0.2) is 77.9 Å². The number of rotatable bonds is 3. The summed E-state index contributed by atoms with van der Waals surface area (Å²) in [5.74, 6) is -0.255. The van der Waals surface area contributed by atoms with E-state index in [0.717, 1.165) is 22.5 Å². The van der Waals surface area contributed by atoms with Gasteiger partial charge >= 0.3 is 0 Å². The highest BCUT2D eigenvalue weighted by atomic mass is 35.5. The molecular formula is C21H15Cl2FN2. The van der Waals surface area contributed by atoms with Crippen LogP contribution in [-0.4, -0.2) is 5.71 Å². The number of halogens is 3. The number of anilines is 1. The lowest BCUT2D eigenvalue weighted by atomic mass is 9.98. The molecule has 1 aliphatic rings. The van der Waals surface area contributed by atoms with E-state index in [1.807, 2.05) is 53.5 Å². The SMILES string of the molecule is Fc1ccc([C@@H]2CC(c3ccc(Cl)cc3)=NN2c2ccccc2Cl)cc1. The third-order valence-corrected chi connectivity index (χ3v) is 5.01. The first-order chi connectivity index (χ1) is 12.6. The van der Waals surface area contributed by atoms with Gasteiger partial charge in [0.1, 0.15) is 5.82 Å². The molecule has 0 bridgehead atoms. The highest BCUT2D eigenvalue weighted by Gasteiger charge is 2.30. The van der Waals surface area contributed by atoms with Crippen LogP contribution in [0.1, 0.15) is 23.6 Å². The van der Waals surface area contributed by atoms with Crippen LogP contribution in [0, 0.1) is 5.82 Å². The minimum Gasteiger partial charge on any atom is -0.256 e. The molecule has 4 rings (SSSR count). The number of nitrogens with zero attached hydrogens (tertiary/aromatic N) is 2. The van der Waals surface area contributed by atoms with Crippen molar-refractivity contribution in [2.24, 2.45) is 5.10 Å². The lowest BCUT2D eigenvalue weighted by molar-refractivity contribution is 0.624. The summed E-state index contributed by atoms with van der Waals surface area (Å²) in [5.41, 5.74) is 3.76. The van der Waals surface area contributed by atoms with Gasteiger partial charge in [-0.15, -0.1) is 0 Å². The van der Waals surface area contributed by atoms with Crippen LogP contribution in [0.5, 0.6) is 0 Å². The molecule has 0 amide bonds. The first kappa shape index (κ1) is 17.1. The third kappa shape index (κ3) is 3.33. The molecule has 0 fully saturated rings. The van der Waals surface area contributed by atoms with Crippen LogP contribution >= 0.6 is 23.2 Å². The molecular weight excluding hydrogens is 370 g/mol. The first-order valence-electron chi connectivity index (χ1n) is 8.24. The lowest BCUT2D eigenvalue weighted by Gasteiger charge is -2.24. The van der Waals surface area contributed by atoms with Gasteiger partial charge in [-0.3, -0.25) is 5.01 Å². The van der Waals surface area contributed by atoms with Gasteiger partial charge in [0.15, 0.2) is 0 Å². The fourth-order valence-electron chi connectivity index (χ4n) is 3.13. The molecule has 130 valence electrons. The van der Waals surface area contributed by atoms with E-state index in [2.05, 4.69) is 0 Å². The fraction of sp³-hybridized carbons (Fsp3) is 0.0952. The lowest BCUT2D eigenvalue weighted by Crippen LogP contribution is -2.18. The molecule has 0 spiro atoms. The normalized spacial score (nSPS) is 16.7. The number of para-hydroxylation sites is 1. The summed E-state index contributed by atoms with van der Waals surface area (Å²) >= 11 is 12.4. The molecule has 1 heterocycles. The maximum absolute atomic E-state index is 13.4. The van der Waals surface area contributed by atoms with E-state index in [9.17, 15) is 4.39 Å². The van der Waals surface area contributed by atoms with Crippen molar-refractivity contribution in [3.8, 4) is 0 Å². The van der Waals surface area contributed by atoms with E-state index in [-0.39, 0.29) is 11.9 Å². The van der Waals surface area contributed by atoms with E-state index in [1.165, 1.54) is 12.1 Å². The molecule has 0 radical (unpaired) electrons. The van der Waals surface area contributed by atoms with Crippen LogP contribution in [0.25, 0.3) is 0 Å². The number of hydrogen-bond donors (Lipinski definition) is 0. The Bertz CT molecular complexity index is 953. The van der Waals surface area contributed by atoms with Crippen molar-refractivity contribution in [2.45, 2.75) is 12.5 Å². The predicted molar refractivity (Wildman–Crippen MR) is 106 cm³/mol. The second kappa shape index (κ2) is 7.10. The Morgan fingerprint density at radius 2 is 1.58 bits per heavy atom. The zero-order chi connectivity index (χ0) is 18.1. The molecule has 1 aliphatic heterocycles. The first-order valence-corrected chi connectivity index (χ1v) is 9.00. The standard InChI is InChI=1S/C21H15Cl2FN2/c22-16-9-5-14(6-10-16)19-13-21(15-7-11-17(24)12-8-15)26(25-19)20-4-2-1-3-18(20)23/h1-12,21H,13H2/t21-/m0/s1. The molecule has 0 aromatic heterocycles. The summed E-state index contributed by atoms with van der Waals surface area (Å²) in [6.45, 7) is 0. The van der Waals surface area contributed by atoms with E-state index in [1.54, 1.807) is 12.1 Å². The van der Waals surface area contributed by atoms with Gasteiger partial charge in [-0.25, -0.2) is 4.39 Å². The molecule has 1 atom stereocenters. The van der Waals surface area contributed by atoms with Crippen molar-refractivity contribution in [3.63, 3.8) is 0 Å².